The number of halogens is 1. The number of pyridine rings is 1. The van der Waals surface area contributed by atoms with Gasteiger partial charge in [-0.05, 0) is 25.1 Å². The summed E-state index contributed by atoms with van der Waals surface area (Å²) in [5.74, 6) is -0.950. The number of aliphatic carboxylic acids is 1. The molecule has 0 saturated heterocycles. The fraction of sp³-hybridized carbons (Fsp3) is 0.133. The van der Waals surface area contributed by atoms with Gasteiger partial charge in [0.05, 0.1) is 11.3 Å². The normalized spacial score (nSPS) is 11.7. The second kappa shape index (κ2) is 6.61. The topological polar surface area (TPSA) is 74.0 Å². The summed E-state index contributed by atoms with van der Waals surface area (Å²) in [7, 11) is 0. The number of thioether (sulfide) groups is 1. The molecule has 2 aromatic rings. The number of rotatable bonds is 4. The van der Waals surface area contributed by atoms with Gasteiger partial charge in [-0.3, -0.25) is 4.79 Å². The molecule has 4 nitrogen and oxygen atoms in total. The first-order valence-corrected chi connectivity index (χ1v) is 7.34. The summed E-state index contributed by atoms with van der Waals surface area (Å²) >= 11 is 7.18. The van der Waals surface area contributed by atoms with Crippen LogP contribution < -0.4 is 0 Å². The monoisotopic (exact) mass is 318 g/mol. The van der Waals surface area contributed by atoms with Crippen molar-refractivity contribution in [2.45, 2.75) is 17.2 Å². The van der Waals surface area contributed by atoms with Crippen LogP contribution in [0.15, 0.2) is 41.4 Å². The Kier molecular flexibility index (Phi) is 4.84. The third kappa shape index (κ3) is 3.54. The Balaban J connectivity index is 2.46. The molecule has 1 N–H and O–H groups in total. The van der Waals surface area contributed by atoms with Crippen LogP contribution in [0, 0.1) is 11.3 Å². The summed E-state index contributed by atoms with van der Waals surface area (Å²) in [4.78, 5) is 15.3. The Labute approximate surface area is 131 Å². The fourth-order valence-electron chi connectivity index (χ4n) is 1.65. The van der Waals surface area contributed by atoms with Crippen LogP contribution in [0.4, 0.5) is 0 Å². The van der Waals surface area contributed by atoms with Gasteiger partial charge in [0, 0.05) is 10.6 Å². The van der Waals surface area contributed by atoms with E-state index in [1.165, 1.54) is 0 Å². The standard InChI is InChI=1S/C15H11ClN2O2S/c1-9(15(19)20)21-14-10(8-17)6-7-13(18-14)11-4-2-3-5-12(11)16/h2-7,9H,1H3,(H,19,20). The van der Waals surface area contributed by atoms with Crippen LogP contribution in [-0.4, -0.2) is 21.3 Å². The number of benzene rings is 1. The van der Waals surface area contributed by atoms with Gasteiger partial charge in [0.2, 0.25) is 0 Å². The van der Waals surface area contributed by atoms with Gasteiger partial charge in [0.15, 0.2) is 0 Å². The van der Waals surface area contributed by atoms with E-state index < -0.39 is 11.2 Å². The molecule has 1 atom stereocenters. The van der Waals surface area contributed by atoms with E-state index in [-0.39, 0.29) is 0 Å². The van der Waals surface area contributed by atoms with Crippen molar-refractivity contribution in [3.63, 3.8) is 0 Å². The summed E-state index contributed by atoms with van der Waals surface area (Å²) in [6.45, 7) is 1.55. The van der Waals surface area contributed by atoms with Gasteiger partial charge in [0.25, 0.3) is 0 Å². The number of nitrogens with zero attached hydrogens (tertiary/aromatic N) is 2. The van der Waals surface area contributed by atoms with Gasteiger partial charge >= 0.3 is 5.97 Å². The molecule has 0 radical (unpaired) electrons. The molecule has 0 aliphatic carbocycles. The summed E-state index contributed by atoms with van der Waals surface area (Å²) in [5, 5.41) is 18.4. The van der Waals surface area contributed by atoms with Crippen molar-refractivity contribution in [1.29, 1.82) is 5.26 Å². The zero-order valence-corrected chi connectivity index (χ0v) is 12.6. The average molecular weight is 319 g/mol. The van der Waals surface area contributed by atoms with Crippen molar-refractivity contribution in [2.24, 2.45) is 0 Å². The first-order chi connectivity index (χ1) is 10.0. The Hall–Kier alpha value is -2.03. The maximum absolute atomic E-state index is 11.0. The van der Waals surface area contributed by atoms with E-state index in [2.05, 4.69) is 4.98 Å². The summed E-state index contributed by atoms with van der Waals surface area (Å²) < 4.78 is 0. The molecule has 1 aromatic heterocycles. The van der Waals surface area contributed by atoms with Crippen LogP contribution in [0.25, 0.3) is 11.3 Å². The maximum atomic E-state index is 11.0. The zero-order valence-electron chi connectivity index (χ0n) is 11.1. The van der Waals surface area contributed by atoms with Crippen molar-refractivity contribution in [2.75, 3.05) is 0 Å². The predicted octanol–water partition coefficient (Wildman–Crippen LogP) is 3.84. The Morgan fingerprint density at radius 2 is 2.10 bits per heavy atom. The van der Waals surface area contributed by atoms with Crippen LogP contribution in [0.1, 0.15) is 12.5 Å². The second-order valence-corrected chi connectivity index (χ2v) is 5.98. The smallest absolute Gasteiger partial charge is 0.316 e. The number of hydrogen-bond acceptors (Lipinski definition) is 4. The molecule has 0 aliphatic rings. The van der Waals surface area contributed by atoms with Crippen molar-refractivity contribution in [3.8, 4) is 17.3 Å². The first-order valence-electron chi connectivity index (χ1n) is 6.08. The highest BCUT2D eigenvalue weighted by Gasteiger charge is 2.17. The van der Waals surface area contributed by atoms with Crippen LogP contribution in [0.2, 0.25) is 5.02 Å². The van der Waals surface area contributed by atoms with E-state index in [1.807, 2.05) is 24.3 Å². The minimum absolute atomic E-state index is 0.351. The largest absolute Gasteiger partial charge is 0.480 e. The van der Waals surface area contributed by atoms with Crippen molar-refractivity contribution >= 4 is 29.3 Å². The van der Waals surface area contributed by atoms with Crippen molar-refractivity contribution in [1.82, 2.24) is 4.98 Å². The fourth-order valence-corrected chi connectivity index (χ4v) is 2.71. The van der Waals surface area contributed by atoms with Gasteiger partial charge in [-0.25, -0.2) is 4.98 Å². The molecular weight excluding hydrogens is 308 g/mol. The quantitative estimate of drug-likeness (QED) is 0.867. The zero-order chi connectivity index (χ0) is 15.4. The molecule has 106 valence electrons. The lowest BCUT2D eigenvalue weighted by molar-refractivity contribution is -0.136. The predicted molar refractivity (Wildman–Crippen MR) is 82.4 cm³/mol. The lowest BCUT2D eigenvalue weighted by atomic mass is 10.1. The lowest BCUT2D eigenvalue weighted by Gasteiger charge is -2.10. The third-order valence-electron chi connectivity index (χ3n) is 2.77. The summed E-state index contributed by atoms with van der Waals surface area (Å²) in [6, 6.07) is 12.6. The first kappa shape index (κ1) is 15.4. The van der Waals surface area contributed by atoms with Gasteiger partial charge in [0.1, 0.15) is 16.3 Å². The van der Waals surface area contributed by atoms with E-state index >= 15 is 0 Å². The number of aromatic nitrogens is 1. The Morgan fingerprint density at radius 3 is 2.71 bits per heavy atom. The molecule has 0 saturated carbocycles. The number of carboxylic acids is 1. The van der Waals surface area contributed by atoms with Crippen molar-refractivity contribution < 1.29 is 9.90 Å². The Morgan fingerprint density at radius 1 is 1.38 bits per heavy atom. The van der Waals surface area contributed by atoms with E-state index in [0.29, 0.717) is 21.3 Å². The van der Waals surface area contributed by atoms with Crippen LogP contribution in [0.5, 0.6) is 0 Å². The molecule has 0 amide bonds. The van der Waals surface area contributed by atoms with Crippen LogP contribution >= 0.6 is 23.4 Å². The second-order valence-electron chi connectivity index (χ2n) is 4.24. The van der Waals surface area contributed by atoms with E-state index in [4.69, 9.17) is 22.0 Å². The van der Waals surface area contributed by atoms with Gasteiger partial charge in [-0.2, -0.15) is 5.26 Å². The molecule has 0 fully saturated rings. The SMILES string of the molecule is CC(Sc1nc(-c2ccccc2Cl)ccc1C#N)C(=O)O. The number of carbonyl (C=O) groups is 1. The highest BCUT2D eigenvalue weighted by atomic mass is 35.5. The molecule has 0 bridgehead atoms. The van der Waals surface area contributed by atoms with Gasteiger partial charge < -0.3 is 5.11 Å². The highest BCUT2D eigenvalue weighted by molar-refractivity contribution is 8.00. The number of hydrogen-bond donors (Lipinski definition) is 1. The molecule has 21 heavy (non-hydrogen) atoms. The lowest BCUT2D eigenvalue weighted by Crippen LogP contribution is -2.12. The maximum Gasteiger partial charge on any atom is 0.316 e. The van der Waals surface area contributed by atoms with Crippen molar-refractivity contribution in [3.05, 3.63) is 47.0 Å². The summed E-state index contributed by atoms with van der Waals surface area (Å²) in [6.07, 6.45) is 0. The third-order valence-corrected chi connectivity index (χ3v) is 4.19. The average Bonchev–Trinajstić information content (AvgIpc) is 2.47. The van der Waals surface area contributed by atoms with Gasteiger partial charge in [-0.1, -0.05) is 41.6 Å². The Bertz CT molecular complexity index is 728. The van der Waals surface area contributed by atoms with E-state index in [9.17, 15) is 4.79 Å². The van der Waals surface area contributed by atoms with E-state index in [0.717, 1.165) is 17.3 Å². The molecule has 0 spiro atoms. The van der Waals surface area contributed by atoms with Gasteiger partial charge in [-0.15, -0.1) is 0 Å². The molecule has 1 aromatic carbocycles. The molecule has 1 unspecified atom stereocenters. The highest BCUT2D eigenvalue weighted by Crippen LogP contribution is 2.31. The van der Waals surface area contributed by atoms with Crippen LogP contribution in [-0.2, 0) is 4.79 Å². The minimum atomic E-state index is -0.950. The van der Waals surface area contributed by atoms with Crippen LogP contribution in [0.3, 0.4) is 0 Å². The molecular formula is C15H11ClN2O2S. The van der Waals surface area contributed by atoms with E-state index in [1.54, 1.807) is 25.1 Å². The number of nitriles is 1. The number of carboxylic acid groups (broad SMARTS) is 1. The summed E-state index contributed by atoms with van der Waals surface area (Å²) in [5.41, 5.74) is 1.71. The molecule has 1 heterocycles. The molecule has 2 rings (SSSR count). The minimum Gasteiger partial charge on any atom is -0.480 e. The molecule has 6 heteroatoms. The molecule has 0 aliphatic heterocycles.